The van der Waals surface area contributed by atoms with Gasteiger partial charge in [-0.15, -0.1) is 0 Å². The zero-order chi connectivity index (χ0) is 14.4. The first-order chi connectivity index (χ1) is 9.69. The first kappa shape index (κ1) is 15.2. The third kappa shape index (κ3) is 4.43. The molecule has 0 bridgehead atoms. The molecule has 0 radical (unpaired) electrons. The van der Waals surface area contributed by atoms with Crippen LogP contribution in [0.25, 0.3) is 0 Å². The number of carbonyl (C=O) groups is 1. The molecule has 1 aliphatic heterocycles. The van der Waals surface area contributed by atoms with E-state index in [0.29, 0.717) is 29.8 Å². The number of ether oxygens (including phenoxy) is 1. The number of amides is 1. The first-order valence-electron chi connectivity index (χ1n) is 6.59. The number of rotatable bonds is 4. The van der Waals surface area contributed by atoms with Crippen molar-refractivity contribution in [3.05, 3.63) is 18.0 Å². The van der Waals surface area contributed by atoms with Gasteiger partial charge in [0.2, 0.25) is 0 Å². The Bertz CT molecular complexity index is 441. The maximum atomic E-state index is 12.0. The van der Waals surface area contributed by atoms with Crippen LogP contribution < -0.4 is 5.32 Å². The van der Waals surface area contributed by atoms with Crippen LogP contribution >= 0.6 is 11.8 Å². The van der Waals surface area contributed by atoms with E-state index in [9.17, 15) is 4.79 Å². The highest BCUT2D eigenvalue weighted by Gasteiger charge is 2.17. The van der Waals surface area contributed by atoms with Crippen LogP contribution in [0.5, 0.6) is 0 Å². The Morgan fingerprint density at radius 3 is 3.00 bits per heavy atom. The van der Waals surface area contributed by atoms with E-state index in [2.05, 4.69) is 27.2 Å². The summed E-state index contributed by atoms with van der Waals surface area (Å²) in [5, 5.41) is 3.59. The molecule has 0 aromatic carbocycles. The van der Waals surface area contributed by atoms with Gasteiger partial charge in [-0.2, -0.15) is 0 Å². The van der Waals surface area contributed by atoms with E-state index in [0.717, 1.165) is 19.7 Å². The summed E-state index contributed by atoms with van der Waals surface area (Å²) in [6, 6.07) is 0. The minimum Gasteiger partial charge on any atom is -0.380 e. The lowest BCUT2D eigenvalue weighted by atomic mass is 10.1. The molecular formula is C13H20N4O2S. The molecule has 1 saturated heterocycles. The summed E-state index contributed by atoms with van der Waals surface area (Å²) in [6.45, 7) is 3.92. The van der Waals surface area contributed by atoms with Crippen LogP contribution in [0.15, 0.2) is 17.6 Å². The third-order valence-electron chi connectivity index (χ3n) is 3.16. The van der Waals surface area contributed by atoms with E-state index in [1.807, 2.05) is 6.26 Å². The second-order valence-corrected chi connectivity index (χ2v) is 5.65. The van der Waals surface area contributed by atoms with Crippen molar-refractivity contribution in [2.45, 2.75) is 5.16 Å². The van der Waals surface area contributed by atoms with Crippen molar-refractivity contribution in [3.63, 3.8) is 0 Å². The van der Waals surface area contributed by atoms with Crippen molar-refractivity contribution in [2.24, 2.45) is 5.92 Å². The van der Waals surface area contributed by atoms with Crippen molar-refractivity contribution in [2.75, 3.05) is 46.2 Å². The fraction of sp³-hybridized carbons (Fsp3) is 0.615. The molecule has 1 amide bonds. The molecule has 1 aromatic heterocycles. The molecule has 0 saturated carbocycles. The van der Waals surface area contributed by atoms with Crippen LogP contribution in [0.3, 0.4) is 0 Å². The maximum Gasteiger partial charge on any atom is 0.254 e. The van der Waals surface area contributed by atoms with Crippen molar-refractivity contribution >= 4 is 17.7 Å². The van der Waals surface area contributed by atoms with Gasteiger partial charge >= 0.3 is 0 Å². The number of hydrogen-bond acceptors (Lipinski definition) is 6. The van der Waals surface area contributed by atoms with Gasteiger partial charge in [-0.25, -0.2) is 9.97 Å². The normalized spacial score (nSPS) is 20.4. The number of aromatic nitrogens is 2. The first-order valence-corrected chi connectivity index (χ1v) is 7.82. The second-order valence-electron chi connectivity index (χ2n) is 4.87. The lowest BCUT2D eigenvalue weighted by molar-refractivity contribution is 0.0920. The molecule has 2 rings (SSSR count). The number of thioether (sulfide) groups is 1. The number of likely N-dealkylation sites (N-methyl/N-ethyl adjacent to an activating group) is 1. The average Bonchev–Trinajstić information content (AvgIpc) is 2.69. The summed E-state index contributed by atoms with van der Waals surface area (Å²) < 4.78 is 5.53. The Morgan fingerprint density at radius 2 is 2.30 bits per heavy atom. The Labute approximate surface area is 123 Å². The molecule has 6 nitrogen and oxygen atoms in total. The van der Waals surface area contributed by atoms with E-state index in [1.165, 1.54) is 11.8 Å². The van der Waals surface area contributed by atoms with Crippen LogP contribution in [-0.2, 0) is 4.74 Å². The van der Waals surface area contributed by atoms with E-state index in [1.54, 1.807) is 12.4 Å². The predicted octanol–water partition coefficient (Wildman–Crippen LogP) is 0.506. The molecular weight excluding hydrogens is 276 g/mol. The second kappa shape index (κ2) is 7.56. The number of hydrogen-bond donors (Lipinski definition) is 1. The molecule has 0 spiro atoms. The van der Waals surface area contributed by atoms with Crippen LogP contribution in [0.4, 0.5) is 0 Å². The summed E-state index contributed by atoms with van der Waals surface area (Å²) in [5.74, 6) is 0.183. The van der Waals surface area contributed by atoms with Crippen LogP contribution in [-0.4, -0.2) is 66.9 Å². The molecule has 0 aliphatic carbocycles. The molecule has 20 heavy (non-hydrogen) atoms. The van der Waals surface area contributed by atoms with E-state index < -0.39 is 0 Å². The zero-order valence-corrected chi connectivity index (χ0v) is 12.7. The van der Waals surface area contributed by atoms with Crippen LogP contribution in [0, 0.1) is 5.92 Å². The molecule has 1 aliphatic rings. The largest absolute Gasteiger partial charge is 0.380 e. The third-order valence-corrected chi connectivity index (χ3v) is 3.74. The molecule has 1 N–H and O–H groups in total. The Morgan fingerprint density at radius 1 is 1.55 bits per heavy atom. The van der Waals surface area contributed by atoms with Gasteiger partial charge in [-0.3, -0.25) is 4.79 Å². The number of carbonyl (C=O) groups excluding carboxylic acids is 1. The highest BCUT2D eigenvalue weighted by molar-refractivity contribution is 7.98. The highest BCUT2D eigenvalue weighted by atomic mass is 32.2. The molecule has 110 valence electrons. The standard InChI is InChI=1S/C13H20N4O2S/c1-17-3-4-19-9-10(8-17)5-14-12(18)11-6-15-13(20-2)16-7-11/h6-7,10H,3-5,8-9H2,1-2H3,(H,14,18)/t10-/m1/s1. The van der Waals surface area contributed by atoms with Gasteiger partial charge in [0.25, 0.3) is 5.91 Å². The van der Waals surface area contributed by atoms with Gasteiger partial charge in [-0.05, 0) is 13.3 Å². The van der Waals surface area contributed by atoms with Crippen molar-refractivity contribution in [3.8, 4) is 0 Å². The summed E-state index contributed by atoms with van der Waals surface area (Å²) >= 11 is 1.45. The maximum absolute atomic E-state index is 12.0. The van der Waals surface area contributed by atoms with Gasteiger partial charge in [-0.1, -0.05) is 11.8 Å². The molecule has 7 heteroatoms. The van der Waals surface area contributed by atoms with Gasteiger partial charge in [0.15, 0.2) is 5.16 Å². The Balaban J connectivity index is 1.84. The van der Waals surface area contributed by atoms with Gasteiger partial charge < -0.3 is 15.0 Å². The molecule has 2 heterocycles. The molecule has 1 aromatic rings. The number of nitrogens with one attached hydrogen (secondary N) is 1. The lowest BCUT2D eigenvalue weighted by Gasteiger charge is -2.19. The lowest BCUT2D eigenvalue weighted by Crippen LogP contribution is -2.35. The van der Waals surface area contributed by atoms with Crippen LogP contribution in [0.1, 0.15) is 10.4 Å². The smallest absolute Gasteiger partial charge is 0.254 e. The summed E-state index contributed by atoms with van der Waals surface area (Å²) in [5.41, 5.74) is 0.491. The Hall–Kier alpha value is -1.18. The van der Waals surface area contributed by atoms with Crippen molar-refractivity contribution < 1.29 is 9.53 Å². The Kier molecular flexibility index (Phi) is 5.75. The molecule has 1 fully saturated rings. The highest BCUT2D eigenvalue weighted by Crippen LogP contribution is 2.08. The van der Waals surface area contributed by atoms with Crippen LogP contribution in [0.2, 0.25) is 0 Å². The zero-order valence-electron chi connectivity index (χ0n) is 11.8. The van der Waals surface area contributed by atoms with E-state index in [4.69, 9.17) is 4.74 Å². The molecule has 0 unspecified atom stereocenters. The molecule has 1 atom stereocenters. The van der Waals surface area contributed by atoms with E-state index in [-0.39, 0.29) is 5.91 Å². The van der Waals surface area contributed by atoms with Crippen molar-refractivity contribution in [1.29, 1.82) is 0 Å². The quantitative estimate of drug-likeness (QED) is 0.645. The minimum absolute atomic E-state index is 0.135. The summed E-state index contributed by atoms with van der Waals surface area (Å²) in [6.07, 6.45) is 5.02. The summed E-state index contributed by atoms with van der Waals surface area (Å²) in [7, 11) is 2.07. The van der Waals surface area contributed by atoms with Gasteiger partial charge in [0, 0.05) is 37.9 Å². The fourth-order valence-electron chi connectivity index (χ4n) is 2.06. The fourth-order valence-corrected chi connectivity index (χ4v) is 2.37. The summed E-state index contributed by atoms with van der Waals surface area (Å²) in [4.78, 5) is 22.4. The van der Waals surface area contributed by atoms with Crippen molar-refractivity contribution in [1.82, 2.24) is 20.2 Å². The predicted molar refractivity (Wildman–Crippen MR) is 78.0 cm³/mol. The number of nitrogens with zero attached hydrogens (tertiary/aromatic N) is 3. The average molecular weight is 296 g/mol. The van der Waals surface area contributed by atoms with Gasteiger partial charge in [0.05, 0.1) is 18.8 Å². The van der Waals surface area contributed by atoms with E-state index >= 15 is 0 Å². The minimum atomic E-state index is -0.135. The SMILES string of the molecule is CSc1ncc(C(=O)NC[C@H]2COCCN(C)C2)cn1. The topological polar surface area (TPSA) is 67.3 Å². The van der Waals surface area contributed by atoms with Gasteiger partial charge in [0.1, 0.15) is 0 Å². The monoisotopic (exact) mass is 296 g/mol.